The average molecular weight is 632 g/mol. The van der Waals surface area contributed by atoms with E-state index in [0.29, 0.717) is 51.0 Å². The summed E-state index contributed by atoms with van der Waals surface area (Å²) in [6, 6.07) is 23.4. The van der Waals surface area contributed by atoms with Crippen LogP contribution in [-0.4, -0.2) is 29.5 Å². The molecule has 0 aliphatic carbocycles. The van der Waals surface area contributed by atoms with Gasteiger partial charge in [0.15, 0.2) is 0 Å². The molecule has 2 aliphatic rings. The molecule has 2 aliphatic heterocycles. The van der Waals surface area contributed by atoms with Gasteiger partial charge in [0.05, 0.1) is 16.9 Å². The van der Waals surface area contributed by atoms with E-state index in [0.717, 1.165) is 29.9 Å². The van der Waals surface area contributed by atoms with Gasteiger partial charge in [-0.05, 0) is 89.3 Å². The summed E-state index contributed by atoms with van der Waals surface area (Å²) >= 11 is 9.63. The number of nitrogens with one attached hydrogen (secondary N) is 2. The molecule has 0 saturated carbocycles. The van der Waals surface area contributed by atoms with E-state index in [-0.39, 0.29) is 23.3 Å². The molecule has 4 aromatic rings. The van der Waals surface area contributed by atoms with Gasteiger partial charge in [-0.3, -0.25) is 14.4 Å². The number of fused-ring (bicyclic) bond motifs is 4. The number of anilines is 3. The number of piperidine rings is 1. The lowest BCUT2D eigenvalue weighted by molar-refractivity contribution is 0.101. The monoisotopic (exact) mass is 630 g/mol. The summed E-state index contributed by atoms with van der Waals surface area (Å²) in [6.07, 6.45) is 1.01. The van der Waals surface area contributed by atoms with E-state index in [9.17, 15) is 14.4 Å². The number of nitrogens with zero attached hydrogens (tertiary/aromatic N) is 2. The third-order valence-corrected chi connectivity index (χ3v) is 8.82. The molecule has 0 spiro atoms. The highest BCUT2D eigenvalue weighted by atomic mass is 79.9. The fraction of sp³-hybridized carbons (Fsp3) is 0.219. The van der Waals surface area contributed by atoms with Crippen molar-refractivity contribution in [3.63, 3.8) is 0 Å². The van der Waals surface area contributed by atoms with Gasteiger partial charge in [0.2, 0.25) is 0 Å². The second-order valence-electron chi connectivity index (χ2n) is 10.7. The Bertz CT molecular complexity index is 1740. The van der Waals surface area contributed by atoms with Crippen molar-refractivity contribution in [3.8, 4) is 0 Å². The molecule has 3 aromatic carbocycles. The molecule has 7 nitrogen and oxygen atoms in total. The first-order valence-corrected chi connectivity index (χ1v) is 14.7. The highest BCUT2D eigenvalue weighted by molar-refractivity contribution is 9.10. The van der Waals surface area contributed by atoms with Gasteiger partial charge >= 0.3 is 0 Å². The molecule has 1 aromatic heterocycles. The van der Waals surface area contributed by atoms with Crippen LogP contribution in [0.25, 0.3) is 0 Å². The molecular formula is C32H28BrClN4O3. The molecule has 1 fully saturated rings. The number of aryl methyl sites for hydroxylation is 1. The minimum Gasteiger partial charge on any atom is -0.369 e. The number of hydrogen-bond donors (Lipinski definition) is 2. The van der Waals surface area contributed by atoms with Crippen molar-refractivity contribution in [2.24, 2.45) is 5.92 Å². The summed E-state index contributed by atoms with van der Waals surface area (Å²) in [5, 5.41) is 6.55. The second kappa shape index (κ2) is 11.2. The van der Waals surface area contributed by atoms with Crippen molar-refractivity contribution in [2.45, 2.75) is 25.8 Å². The minimum absolute atomic E-state index is 0.0392. The van der Waals surface area contributed by atoms with E-state index in [1.807, 2.05) is 54.0 Å². The highest BCUT2D eigenvalue weighted by Crippen LogP contribution is 2.39. The number of aromatic nitrogens is 1. The van der Waals surface area contributed by atoms with Gasteiger partial charge in [-0.25, -0.2) is 0 Å². The van der Waals surface area contributed by atoms with E-state index < -0.39 is 0 Å². The van der Waals surface area contributed by atoms with E-state index in [4.69, 9.17) is 11.6 Å². The Morgan fingerprint density at radius 1 is 0.878 bits per heavy atom. The fourth-order valence-corrected chi connectivity index (χ4v) is 6.54. The van der Waals surface area contributed by atoms with Gasteiger partial charge in [0.25, 0.3) is 17.4 Å². The number of amides is 2. The van der Waals surface area contributed by atoms with Crippen LogP contribution >= 0.6 is 27.5 Å². The van der Waals surface area contributed by atoms with Crippen LogP contribution < -0.4 is 21.1 Å². The van der Waals surface area contributed by atoms with Crippen LogP contribution in [0.2, 0.25) is 5.02 Å². The topological polar surface area (TPSA) is 83.4 Å². The predicted molar refractivity (Wildman–Crippen MR) is 166 cm³/mol. The van der Waals surface area contributed by atoms with Gasteiger partial charge in [-0.2, -0.15) is 0 Å². The minimum atomic E-state index is -0.304. The predicted octanol–water partition coefficient (Wildman–Crippen LogP) is 6.70. The number of carbonyl (C=O) groups is 2. The number of pyridine rings is 1. The zero-order valence-electron chi connectivity index (χ0n) is 22.4. The second-order valence-corrected chi connectivity index (χ2v) is 12.0. The van der Waals surface area contributed by atoms with Crippen molar-refractivity contribution in [1.82, 2.24) is 4.57 Å². The Balaban J connectivity index is 1.35. The number of hydrogen-bond acceptors (Lipinski definition) is 4. The normalized spacial score (nSPS) is 17.5. The first-order valence-electron chi connectivity index (χ1n) is 13.5. The van der Waals surface area contributed by atoms with E-state index >= 15 is 0 Å². The lowest BCUT2D eigenvalue weighted by Crippen LogP contribution is -2.47. The van der Waals surface area contributed by atoms with Crippen LogP contribution in [0, 0.1) is 12.8 Å². The standard InChI is InChI=1S/C32H28BrClN4O3/c1-19-9-11-23(34)15-26(19)35-31(40)21-10-12-29(27(14-21)36-32(41)24-5-2-3-6-25(24)33)37-16-20-13-22(18-37)28-7-4-8-30(39)38(28)17-20/h2-12,14-15,20,22H,13,16-18H2,1H3,(H,35,40)(H,36,41). The number of carbonyl (C=O) groups excluding carboxylic acids is 2. The average Bonchev–Trinajstić information content (AvgIpc) is 2.95. The highest BCUT2D eigenvalue weighted by Gasteiger charge is 2.35. The van der Waals surface area contributed by atoms with Gasteiger partial charge < -0.3 is 20.1 Å². The van der Waals surface area contributed by atoms with E-state index in [1.54, 1.807) is 36.4 Å². The van der Waals surface area contributed by atoms with Crippen molar-refractivity contribution in [1.29, 1.82) is 0 Å². The van der Waals surface area contributed by atoms with Crippen LogP contribution in [0.15, 0.2) is 88.1 Å². The third-order valence-electron chi connectivity index (χ3n) is 7.89. The number of rotatable bonds is 5. The maximum atomic E-state index is 13.4. The summed E-state index contributed by atoms with van der Waals surface area (Å²) < 4.78 is 2.58. The van der Waals surface area contributed by atoms with Crippen LogP contribution in [0.3, 0.4) is 0 Å². The quantitative estimate of drug-likeness (QED) is 0.257. The number of benzene rings is 3. The first kappa shape index (κ1) is 27.3. The van der Waals surface area contributed by atoms with Crippen LogP contribution in [-0.2, 0) is 6.54 Å². The van der Waals surface area contributed by atoms with Crippen molar-refractivity contribution in [3.05, 3.63) is 121 Å². The molecule has 2 unspecified atom stereocenters. The maximum absolute atomic E-state index is 13.4. The van der Waals surface area contributed by atoms with Crippen molar-refractivity contribution in [2.75, 3.05) is 28.6 Å². The van der Waals surface area contributed by atoms with Gasteiger partial charge in [-0.1, -0.05) is 35.9 Å². The summed E-state index contributed by atoms with van der Waals surface area (Å²) in [6.45, 7) is 4.01. The maximum Gasteiger partial charge on any atom is 0.256 e. The molecule has 2 N–H and O–H groups in total. The summed E-state index contributed by atoms with van der Waals surface area (Å²) in [4.78, 5) is 41.5. The molecular weight excluding hydrogens is 604 g/mol. The van der Waals surface area contributed by atoms with Crippen LogP contribution in [0.5, 0.6) is 0 Å². The van der Waals surface area contributed by atoms with Crippen molar-refractivity contribution >= 4 is 56.4 Å². The molecule has 9 heteroatoms. The summed E-state index contributed by atoms with van der Waals surface area (Å²) in [5.74, 6) is -0.0999. The fourth-order valence-electron chi connectivity index (χ4n) is 5.90. The lowest BCUT2D eigenvalue weighted by atomic mass is 9.83. The van der Waals surface area contributed by atoms with Gasteiger partial charge in [0.1, 0.15) is 0 Å². The molecule has 2 atom stereocenters. The molecule has 0 radical (unpaired) electrons. The Morgan fingerprint density at radius 2 is 1.68 bits per heavy atom. The Labute approximate surface area is 251 Å². The van der Waals surface area contributed by atoms with E-state index in [2.05, 4.69) is 31.5 Å². The SMILES string of the molecule is Cc1ccc(Cl)cc1NC(=O)c1ccc(N2CC3CC(C2)c2cccc(=O)n2C3)c(NC(=O)c2ccccc2Br)c1. The molecule has 41 heavy (non-hydrogen) atoms. The Kier molecular flexibility index (Phi) is 7.45. The molecule has 208 valence electrons. The lowest BCUT2D eigenvalue weighted by Gasteiger charge is -2.44. The first-order chi connectivity index (χ1) is 19.8. The number of halogens is 2. The van der Waals surface area contributed by atoms with Crippen LogP contribution in [0.1, 0.15) is 44.3 Å². The third kappa shape index (κ3) is 5.54. The largest absolute Gasteiger partial charge is 0.369 e. The molecule has 1 saturated heterocycles. The Hall–Kier alpha value is -3.88. The molecule has 2 bridgehead atoms. The zero-order chi connectivity index (χ0) is 28.7. The zero-order valence-corrected chi connectivity index (χ0v) is 24.7. The van der Waals surface area contributed by atoms with Gasteiger partial charge in [0, 0.05) is 58.1 Å². The van der Waals surface area contributed by atoms with Crippen molar-refractivity contribution < 1.29 is 9.59 Å². The summed E-state index contributed by atoms with van der Waals surface area (Å²) in [5.41, 5.74) is 4.89. The molecule has 2 amide bonds. The van der Waals surface area contributed by atoms with Gasteiger partial charge in [-0.15, -0.1) is 0 Å². The Morgan fingerprint density at radius 3 is 2.51 bits per heavy atom. The van der Waals surface area contributed by atoms with E-state index in [1.165, 1.54) is 0 Å². The molecule has 3 heterocycles. The molecule has 6 rings (SSSR count). The van der Waals surface area contributed by atoms with Crippen LogP contribution in [0.4, 0.5) is 17.1 Å². The summed E-state index contributed by atoms with van der Waals surface area (Å²) in [7, 11) is 0. The smallest absolute Gasteiger partial charge is 0.256 e.